The molecule has 194 valence electrons. The maximum atomic E-state index is 12.3. The molecule has 0 amide bonds. The van der Waals surface area contributed by atoms with Gasteiger partial charge in [-0.05, 0) is 67.6 Å². The average Bonchev–Trinajstić information content (AvgIpc) is 2.86. The lowest BCUT2D eigenvalue weighted by atomic mass is 10.00. The van der Waals surface area contributed by atoms with Crippen LogP contribution in [0.25, 0.3) is 0 Å². The fraction of sp³-hybridized carbons (Fsp3) is 0.536. The molecule has 7 nitrogen and oxygen atoms in total. The molecule has 0 radical (unpaired) electrons. The number of methoxy groups -OCH3 is 2. The van der Waals surface area contributed by atoms with Crippen LogP contribution in [-0.2, 0) is 17.6 Å². The lowest BCUT2D eigenvalue weighted by Gasteiger charge is -2.14. The van der Waals surface area contributed by atoms with E-state index in [4.69, 9.17) is 14.2 Å². The second kappa shape index (κ2) is 16.0. The minimum atomic E-state index is -0.698. The van der Waals surface area contributed by atoms with Crippen molar-refractivity contribution in [3.63, 3.8) is 0 Å². The molecule has 0 bridgehead atoms. The quantitative estimate of drug-likeness (QED) is 0.205. The van der Waals surface area contributed by atoms with Gasteiger partial charge in [-0.25, -0.2) is 0 Å². The van der Waals surface area contributed by atoms with Crippen molar-refractivity contribution in [1.29, 1.82) is 0 Å². The normalized spacial score (nSPS) is 11.8. The number of benzene rings is 2. The Labute approximate surface area is 209 Å². The molecule has 0 spiro atoms. The smallest absolute Gasteiger partial charge is 0.163 e. The van der Waals surface area contributed by atoms with Crippen molar-refractivity contribution in [3.05, 3.63) is 47.5 Å². The molecule has 0 aliphatic heterocycles. The van der Waals surface area contributed by atoms with Crippen LogP contribution in [0.15, 0.2) is 36.4 Å². The van der Waals surface area contributed by atoms with Gasteiger partial charge in [0.05, 0.1) is 20.3 Å². The first-order valence-electron chi connectivity index (χ1n) is 12.5. The number of unbranched alkanes of at least 4 members (excludes halogenated alkanes) is 3. The maximum absolute atomic E-state index is 12.3. The van der Waals surface area contributed by atoms with E-state index in [1.165, 1.54) is 26.4 Å². The summed E-state index contributed by atoms with van der Waals surface area (Å²) in [6, 6.07) is 10.8. The molecule has 2 aromatic carbocycles. The van der Waals surface area contributed by atoms with E-state index in [-0.39, 0.29) is 18.0 Å². The van der Waals surface area contributed by atoms with E-state index in [1.54, 1.807) is 25.3 Å². The Hall–Kier alpha value is -2.77. The number of ether oxygens (including phenoxy) is 3. The molecular formula is C28H41NO6. The van der Waals surface area contributed by atoms with Crippen LogP contribution in [0.3, 0.4) is 0 Å². The standard InChI is InChI=1S/C28H41NO6/c1-4-5-6-7-16-29-20-35-26-15-11-22(18-28(26)34-3)9-13-24(31)19-23(30)12-8-21-10-14-25(32)27(17-21)33-2/h10-11,14-15,17-18,24,29,31-32H,4-9,12-13,16,19-20H2,1-3H3. The second-order valence-electron chi connectivity index (χ2n) is 8.78. The number of carbonyl (C=O) groups excluding carboxylic acids is 1. The number of aromatic hydroxyl groups is 1. The molecule has 0 aliphatic rings. The van der Waals surface area contributed by atoms with E-state index in [9.17, 15) is 15.0 Å². The van der Waals surface area contributed by atoms with Crippen molar-refractivity contribution in [2.75, 3.05) is 27.5 Å². The first-order valence-corrected chi connectivity index (χ1v) is 12.5. The Balaban J connectivity index is 1.72. The van der Waals surface area contributed by atoms with E-state index in [2.05, 4.69) is 12.2 Å². The van der Waals surface area contributed by atoms with Crippen molar-refractivity contribution in [1.82, 2.24) is 5.32 Å². The lowest BCUT2D eigenvalue weighted by molar-refractivity contribution is -0.121. The van der Waals surface area contributed by atoms with Gasteiger partial charge in [0.25, 0.3) is 0 Å². The summed E-state index contributed by atoms with van der Waals surface area (Å²) < 4.78 is 16.4. The Morgan fingerprint density at radius 2 is 1.66 bits per heavy atom. The van der Waals surface area contributed by atoms with Crippen LogP contribution in [0, 0.1) is 0 Å². The minimum Gasteiger partial charge on any atom is -0.504 e. The average molecular weight is 488 g/mol. The zero-order chi connectivity index (χ0) is 25.5. The van der Waals surface area contributed by atoms with Gasteiger partial charge in [0.2, 0.25) is 0 Å². The summed E-state index contributed by atoms with van der Waals surface area (Å²) in [5, 5.41) is 23.3. The van der Waals surface area contributed by atoms with Crippen LogP contribution >= 0.6 is 0 Å². The van der Waals surface area contributed by atoms with Crippen molar-refractivity contribution in [2.24, 2.45) is 0 Å². The summed E-state index contributed by atoms with van der Waals surface area (Å²) in [7, 11) is 3.10. The molecule has 0 fully saturated rings. The summed E-state index contributed by atoms with van der Waals surface area (Å²) >= 11 is 0. The number of aliphatic hydroxyl groups excluding tert-OH is 1. The molecule has 2 rings (SSSR count). The highest BCUT2D eigenvalue weighted by molar-refractivity contribution is 5.79. The number of aliphatic hydroxyl groups is 1. The molecule has 1 atom stereocenters. The number of nitrogens with one attached hydrogen (secondary N) is 1. The van der Waals surface area contributed by atoms with E-state index in [0.29, 0.717) is 49.7 Å². The summed E-state index contributed by atoms with van der Waals surface area (Å²) in [5.41, 5.74) is 1.92. The largest absolute Gasteiger partial charge is 0.504 e. The van der Waals surface area contributed by atoms with Crippen LogP contribution in [0.2, 0.25) is 0 Å². The second-order valence-corrected chi connectivity index (χ2v) is 8.78. The molecule has 7 heteroatoms. The highest BCUT2D eigenvalue weighted by Crippen LogP contribution is 2.29. The number of phenols is 1. The van der Waals surface area contributed by atoms with Gasteiger partial charge in [0.15, 0.2) is 23.0 Å². The summed E-state index contributed by atoms with van der Waals surface area (Å²) in [6.07, 6.45) is 6.27. The van der Waals surface area contributed by atoms with Gasteiger partial charge in [-0.15, -0.1) is 0 Å². The molecule has 0 heterocycles. The number of Topliss-reactive ketones (excluding diaryl/α,β-unsaturated/α-hetero) is 1. The topological polar surface area (TPSA) is 97.2 Å². The van der Waals surface area contributed by atoms with Crippen LogP contribution in [0.4, 0.5) is 0 Å². The minimum absolute atomic E-state index is 0.00747. The molecule has 0 saturated carbocycles. The Morgan fingerprint density at radius 3 is 2.40 bits per heavy atom. The number of rotatable bonds is 18. The first-order chi connectivity index (χ1) is 17.0. The number of hydrogen-bond donors (Lipinski definition) is 3. The van der Waals surface area contributed by atoms with Gasteiger partial charge in [-0.1, -0.05) is 38.3 Å². The molecule has 1 unspecified atom stereocenters. The van der Waals surface area contributed by atoms with Crippen molar-refractivity contribution < 1.29 is 29.2 Å². The van der Waals surface area contributed by atoms with Gasteiger partial charge < -0.3 is 24.4 Å². The molecular weight excluding hydrogens is 446 g/mol. The van der Waals surface area contributed by atoms with Crippen LogP contribution in [0.5, 0.6) is 23.0 Å². The molecule has 0 aromatic heterocycles. The zero-order valence-electron chi connectivity index (χ0n) is 21.3. The van der Waals surface area contributed by atoms with Crippen LogP contribution in [-0.4, -0.2) is 49.6 Å². The maximum Gasteiger partial charge on any atom is 0.163 e. The fourth-order valence-electron chi connectivity index (χ4n) is 3.83. The van der Waals surface area contributed by atoms with Crippen molar-refractivity contribution in [2.45, 2.75) is 70.8 Å². The highest BCUT2D eigenvalue weighted by atomic mass is 16.5. The number of ketones is 1. The van der Waals surface area contributed by atoms with Gasteiger partial charge >= 0.3 is 0 Å². The summed E-state index contributed by atoms with van der Waals surface area (Å²) in [5.74, 6) is 1.81. The Kier molecular flexibility index (Phi) is 13.0. The number of phenolic OH excluding ortho intramolecular Hbond substituents is 1. The van der Waals surface area contributed by atoms with E-state index in [1.807, 2.05) is 18.2 Å². The third-order valence-corrected chi connectivity index (χ3v) is 5.93. The number of carbonyl (C=O) groups is 1. The van der Waals surface area contributed by atoms with Crippen molar-refractivity contribution >= 4 is 5.78 Å². The first kappa shape index (κ1) is 28.5. The zero-order valence-corrected chi connectivity index (χ0v) is 21.3. The molecule has 0 aliphatic carbocycles. The predicted molar refractivity (Wildman–Crippen MR) is 138 cm³/mol. The SMILES string of the molecule is CCCCCCNCOc1ccc(CCC(O)CC(=O)CCc2ccc(O)c(OC)c2)cc1OC. The Morgan fingerprint density at radius 1 is 0.943 bits per heavy atom. The summed E-state index contributed by atoms with van der Waals surface area (Å²) in [6.45, 7) is 3.56. The number of aryl methyl sites for hydroxylation is 2. The van der Waals surface area contributed by atoms with Gasteiger partial charge in [-0.3, -0.25) is 10.1 Å². The van der Waals surface area contributed by atoms with E-state index in [0.717, 1.165) is 24.1 Å². The van der Waals surface area contributed by atoms with E-state index < -0.39 is 6.10 Å². The molecule has 0 saturated heterocycles. The highest BCUT2D eigenvalue weighted by Gasteiger charge is 2.13. The van der Waals surface area contributed by atoms with Gasteiger partial charge in [0.1, 0.15) is 12.5 Å². The number of hydrogen-bond acceptors (Lipinski definition) is 7. The van der Waals surface area contributed by atoms with Gasteiger partial charge in [0, 0.05) is 12.8 Å². The monoisotopic (exact) mass is 487 g/mol. The van der Waals surface area contributed by atoms with Crippen molar-refractivity contribution in [3.8, 4) is 23.0 Å². The van der Waals surface area contributed by atoms with Crippen LogP contribution in [0.1, 0.15) is 63.0 Å². The third-order valence-electron chi connectivity index (χ3n) is 5.93. The summed E-state index contributed by atoms with van der Waals surface area (Å²) in [4.78, 5) is 12.3. The van der Waals surface area contributed by atoms with E-state index >= 15 is 0 Å². The molecule has 2 aromatic rings. The predicted octanol–water partition coefficient (Wildman–Crippen LogP) is 4.80. The molecule has 3 N–H and O–H groups in total. The Bertz CT molecular complexity index is 901. The fourth-order valence-corrected chi connectivity index (χ4v) is 3.83. The third kappa shape index (κ3) is 10.6. The van der Waals surface area contributed by atoms with Crippen LogP contribution < -0.4 is 19.5 Å². The lowest BCUT2D eigenvalue weighted by Crippen LogP contribution is -2.21. The molecule has 35 heavy (non-hydrogen) atoms. The van der Waals surface area contributed by atoms with Gasteiger partial charge in [-0.2, -0.15) is 0 Å².